The van der Waals surface area contributed by atoms with Gasteiger partial charge in [0.15, 0.2) is 5.37 Å². The van der Waals surface area contributed by atoms with Crippen molar-refractivity contribution in [2.24, 2.45) is 0 Å². The van der Waals surface area contributed by atoms with E-state index in [4.69, 9.17) is 11.6 Å². The van der Waals surface area contributed by atoms with Crippen LogP contribution in [0.3, 0.4) is 0 Å². The summed E-state index contributed by atoms with van der Waals surface area (Å²) in [5, 5.41) is -0.0656. The molecule has 2 heterocycles. The van der Waals surface area contributed by atoms with Crippen LogP contribution in [0.2, 0.25) is 5.02 Å². The average Bonchev–Trinajstić information content (AvgIpc) is 2.94. The monoisotopic (exact) mass is 362 g/mol. The first kappa shape index (κ1) is 15.5. The molecule has 0 spiro atoms. The summed E-state index contributed by atoms with van der Waals surface area (Å²) in [6.07, 6.45) is 0. The maximum absolute atomic E-state index is 13.0. The molecule has 2 amide bonds. The van der Waals surface area contributed by atoms with Gasteiger partial charge in [0, 0.05) is 16.5 Å². The fourth-order valence-electron chi connectivity index (χ4n) is 2.92. The van der Waals surface area contributed by atoms with Gasteiger partial charge < -0.3 is 4.90 Å². The first-order chi connectivity index (χ1) is 11.5. The average molecular weight is 363 g/mol. The van der Waals surface area contributed by atoms with Crippen LogP contribution in [0, 0.1) is 5.82 Å². The zero-order chi connectivity index (χ0) is 16.8. The lowest BCUT2D eigenvalue weighted by molar-refractivity contribution is -0.139. The van der Waals surface area contributed by atoms with Gasteiger partial charge in [-0.3, -0.25) is 14.5 Å². The molecule has 7 heteroatoms. The normalized spacial score (nSPS) is 19.5. The highest BCUT2D eigenvalue weighted by molar-refractivity contribution is 8.01. The Hall–Kier alpha value is -2.05. The second kappa shape index (κ2) is 5.79. The summed E-state index contributed by atoms with van der Waals surface area (Å²) in [6, 6.07) is 11.2. The molecule has 2 aromatic rings. The van der Waals surface area contributed by atoms with Crippen LogP contribution in [0.4, 0.5) is 10.1 Å². The van der Waals surface area contributed by atoms with Crippen molar-refractivity contribution in [3.63, 3.8) is 0 Å². The summed E-state index contributed by atoms with van der Waals surface area (Å²) in [5.41, 5.74) is 1.48. The molecule has 2 aromatic carbocycles. The number of anilines is 1. The number of benzene rings is 2. The molecule has 24 heavy (non-hydrogen) atoms. The Morgan fingerprint density at radius 1 is 1.17 bits per heavy atom. The van der Waals surface area contributed by atoms with Gasteiger partial charge in [-0.2, -0.15) is 0 Å². The van der Waals surface area contributed by atoms with Gasteiger partial charge in [-0.05, 0) is 35.9 Å². The van der Waals surface area contributed by atoms with E-state index in [0.717, 1.165) is 10.5 Å². The fourth-order valence-corrected chi connectivity index (χ4v) is 4.34. The van der Waals surface area contributed by atoms with E-state index in [1.807, 2.05) is 6.07 Å². The van der Waals surface area contributed by atoms with E-state index >= 15 is 0 Å². The van der Waals surface area contributed by atoms with Gasteiger partial charge in [0.1, 0.15) is 12.4 Å². The highest BCUT2D eigenvalue weighted by Crippen LogP contribution is 2.46. The minimum Gasteiger partial charge on any atom is -0.326 e. The molecule has 1 saturated heterocycles. The highest BCUT2D eigenvalue weighted by Gasteiger charge is 2.45. The van der Waals surface area contributed by atoms with Crippen molar-refractivity contribution in [1.29, 1.82) is 0 Å². The number of piperazine rings is 1. The standard InChI is InChI=1S/C17H12ClFN2O2S/c18-11-3-6-14-13(7-11)21-15(22)9-20(16(23)17(21)24-14)8-10-1-4-12(19)5-2-10/h1-7,17H,8-9H2. The number of nitrogens with zero attached hydrogens (tertiary/aromatic N) is 2. The largest absolute Gasteiger partial charge is 0.326 e. The lowest BCUT2D eigenvalue weighted by Crippen LogP contribution is -2.57. The van der Waals surface area contributed by atoms with Crippen molar-refractivity contribution in [2.45, 2.75) is 16.8 Å². The molecule has 4 nitrogen and oxygen atoms in total. The Labute approximate surface area is 147 Å². The SMILES string of the molecule is O=C1C2Sc3ccc(Cl)cc3N2C(=O)CN1Cc1ccc(F)cc1. The molecule has 0 aliphatic carbocycles. The number of fused-ring (bicyclic) bond motifs is 3. The van der Waals surface area contributed by atoms with E-state index in [1.165, 1.54) is 33.7 Å². The minimum absolute atomic E-state index is 0.000771. The predicted molar refractivity (Wildman–Crippen MR) is 90.4 cm³/mol. The summed E-state index contributed by atoms with van der Waals surface area (Å²) in [5.74, 6) is -0.601. The smallest absolute Gasteiger partial charge is 0.257 e. The Balaban J connectivity index is 1.60. The van der Waals surface area contributed by atoms with Crippen molar-refractivity contribution in [1.82, 2.24) is 4.90 Å². The molecule has 4 rings (SSSR count). The molecule has 2 aliphatic rings. The third kappa shape index (κ3) is 2.56. The molecule has 0 bridgehead atoms. The molecule has 2 aliphatic heterocycles. The second-order valence-electron chi connectivity index (χ2n) is 5.67. The van der Waals surface area contributed by atoms with Crippen molar-refractivity contribution in [2.75, 3.05) is 11.4 Å². The maximum Gasteiger partial charge on any atom is 0.257 e. The molecule has 1 unspecified atom stereocenters. The summed E-state index contributed by atoms with van der Waals surface area (Å²) in [7, 11) is 0. The zero-order valence-electron chi connectivity index (χ0n) is 12.4. The van der Waals surface area contributed by atoms with Gasteiger partial charge in [0.25, 0.3) is 5.91 Å². The van der Waals surface area contributed by atoms with E-state index in [9.17, 15) is 14.0 Å². The fraction of sp³-hybridized carbons (Fsp3) is 0.176. The molecule has 1 atom stereocenters. The van der Waals surface area contributed by atoms with Gasteiger partial charge in [-0.15, -0.1) is 0 Å². The number of rotatable bonds is 2. The Kier molecular flexibility index (Phi) is 3.73. The number of hydrogen-bond donors (Lipinski definition) is 0. The van der Waals surface area contributed by atoms with E-state index in [-0.39, 0.29) is 30.7 Å². The van der Waals surface area contributed by atoms with E-state index in [0.29, 0.717) is 10.7 Å². The zero-order valence-corrected chi connectivity index (χ0v) is 14.0. The number of carbonyl (C=O) groups excluding carboxylic acids is 2. The Morgan fingerprint density at radius 3 is 2.67 bits per heavy atom. The molecule has 0 N–H and O–H groups in total. The molecule has 0 radical (unpaired) electrons. The van der Waals surface area contributed by atoms with Gasteiger partial charge in [0.2, 0.25) is 5.91 Å². The third-order valence-corrected chi connectivity index (χ3v) is 5.53. The van der Waals surface area contributed by atoms with E-state index in [1.54, 1.807) is 24.3 Å². The third-order valence-electron chi connectivity index (χ3n) is 4.06. The van der Waals surface area contributed by atoms with Crippen molar-refractivity contribution < 1.29 is 14.0 Å². The lowest BCUT2D eigenvalue weighted by atomic mass is 10.1. The van der Waals surface area contributed by atoms with E-state index < -0.39 is 5.37 Å². The number of halogens is 2. The number of thioether (sulfide) groups is 1. The Bertz CT molecular complexity index is 843. The van der Waals surface area contributed by atoms with E-state index in [2.05, 4.69) is 0 Å². The van der Waals surface area contributed by atoms with Gasteiger partial charge in [-0.1, -0.05) is 35.5 Å². The van der Waals surface area contributed by atoms with Crippen LogP contribution in [0.1, 0.15) is 5.56 Å². The molecule has 122 valence electrons. The molecular weight excluding hydrogens is 351 g/mol. The summed E-state index contributed by atoms with van der Waals surface area (Å²) < 4.78 is 13.0. The molecule has 0 aromatic heterocycles. The first-order valence-electron chi connectivity index (χ1n) is 7.34. The summed E-state index contributed by atoms with van der Waals surface area (Å²) >= 11 is 7.37. The van der Waals surface area contributed by atoms with Crippen LogP contribution in [-0.2, 0) is 16.1 Å². The molecule has 0 saturated carbocycles. The van der Waals surface area contributed by atoms with Crippen molar-refractivity contribution in [3.8, 4) is 0 Å². The van der Waals surface area contributed by atoms with Gasteiger partial charge in [-0.25, -0.2) is 4.39 Å². The van der Waals surface area contributed by atoms with Gasteiger partial charge >= 0.3 is 0 Å². The van der Waals surface area contributed by atoms with Crippen molar-refractivity contribution >= 4 is 40.9 Å². The van der Waals surface area contributed by atoms with Gasteiger partial charge in [0.05, 0.1) is 5.69 Å². The molecular formula is C17H12ClFN2O2S. The van der Waals surface area contributed by atoms with Crippen LogP contribution >= 0.6 is 23.4 Å². The maximum atomic E-state index is 13.0. The summed E-state index contributed by atoms with van der Waals surface area (Å²) in [6.45, 7) is 0.284. The highest BCUT2D eigenvalue weighted by atomic mass is 35.5. The minimum atomic E-state index is -0.597. The number of carbonyl (C=O) groups is 2. The quantitative estimate of drug-likeness (QED) is 0.823. The van der Waals surface area contributed by atoms with Crippen LogP contribution in [-0.4, -0.2) is 28.6 Å². The first-order valence-corrected chi connectivity index (χ1v) is 8.60. The number of amides is 2. The second-order valence-corrected chi connectivity index (χ2v) is 7.23. The van der Waals surface area contributed by atoms with Crippen molar-refractivity contribution in [3.05, 3.63) is 58.9 Å². The van der Waals surface area contributed by atoms with Crippen LogP contribution < -0.4 is 4.90 Å². The summed E-state index contributed by atoms with van der Waals surface area (Å²) in [4.78, 5) is 29.3. The lowest BCUT2D eigenvalue weighted by Gasteiger charge is -2.36. The topological polar surface area (TPSA) is 40.6 Å². The number of hydrogen-bond acceptors (Lipinski definition) is 3. The Morgan fingerprint density at radius 2 is 1.92 bits per heavy atom. The van der Waals surface area contributed by atoms with Crippen LogP contribution in [0.5, 0.6) is 0 Å². The van der Waals surface area contributed by atoms with Crippen LogP contribution in [0.25, 0.3) is 0 Å². The molecule has 1 fully saturated rings. The predicted octanol–water partition coefficient (Wildman–Crippen LogP) is 3.29. The van der Waals surface area contributed by atoms with Crippen LogP contribution in [0.15, 0.2) is 47.4 Å².